The molecule has 0 aliphatic heterocycles. The molecular weight excluding hydrogens is 761 g/mol. The average molecular weight is 807 g/mol. The number of carbonyl (C=O) groups excluding carboxylic acids is 2. The number of aryl methyl sites for hydroxylation is 8. The molecule has 0 radical (unpaired) electrons. The zero-order chi connectivity index (χ0) is 41.6. The molecule has 11 rings (SSSR count). The van der Waals surface area contributed by atoms with Crippen LogP contribution in [0.1, 0.15) is 54.6 Å². The van der Waals surface area contributed by atoms with Gasteiger partial charge in [0.15, 0.2) is 0 Å². The summed E-state index contributed by atoms with van der Waals surface area (Å²) in [5.74, 6) is -0.198. The number of carbonyl (C=O) groups is 2. The number of hydrogen-bond donors (Lipinski definition) is 0. The van der Waals surface area contributed by atoms with E-state index in [1.807, 2.05) is 12.7 Å². The molecule has 2 heterocycles. The van der Waals surface area contributed by atoms with E-state index < -0.39 is 0 Å². The minimum absolute atomic E-state index is 0.0988. The Balaban J connectivity index is 1.01. The van der Waals surface area contributed by atoms with Crippen LogP contribution < -0.4 is 9.13 Å². The van der Waals surface area contributed by atoms with Crippen LogP contribution in [0.4, 0.5) is 0 Å². The van der Waals surface area contributed by atoms with Crippen molar-refractivity contribution < 1.29 is 18.7 Å². The average Bonchev–Trinajstić information content (AvgIpc) is 3.89. The van der Waals surface area contributed by atoms with Crippen LogP contribution in [0, 0.1) is 0 Å². The van der Waals surface area contributed by atoms with E-state index in [0.29, 0.717) is 74.6 Å². The Morgan fingerprint density at radius 1 is 0.339 bits per heavy atom. The second-order valence-corrected chi connectivity index (χ2v) is 16.6. The molecule has 10 aromatic rings. The second kappa shape index (κ2) is 15.9. The van der Waals surface area contributed by atoms with Gasteiger partial charge in [0.2, 0.25) is 35.4 Å². The van der Waals surface area contributed by atoms with E-state index in [1.165, 1.54) is 65.3 Å². The Morgan fingerprint density at radius 2 is 0.645 bits per heavy atom. The molecule has 2 aromatic heterocycles. The van der Waals surface area contributed by atoms with Gasteiger partial charge in [0.25, 0.3) is 11.6 Å². The Morgan fingerprint density at radius 3 is 1.00 bits per heavy atom. The first-order valence-electron chi connectivity index (χ1n) is 21.8. The lowest BCUT2D eigenvalue weighted by Crippen LogP contribution is -2.47. The molecule has 1 aliphatic carbocycles. The molecule has 1 aliphatic rings. The molecule has 0 saturated heterocycles. The fourth-order valence-corrected chi connectivity index (χ4v) is 9.97. The molecule has 0 fully saturated rings. The van der Waals surface area contributed by atoms with Crippen molar-refractivity contribution in [1.29, 1.82) is 0 Å². The SMILES string of the molecule is O=C1c2c([n+](CCc3cccc4ccccc34)cn2CCc2cccc3ccccc23)C(=O)c2c1n(CCc1cccc3ccccc13)c[n+]2CCc1cccc2ccccc12. The van der Waals surface area contributed by atoms with E-state index >= 15 is 9.59 Å². The van der Waals surface area contributed by atoms with Gasteiger partial charge in [0, 0.05) is 25.7 Å². The number of hydrogen-bond acceptors (Lipinski definition) is 2. The van der Waals surface area contributed by atoms with E-state index in [4.69, 9.17) is 0 Å². The van der Waals surface area contributed by atoms with E-state index in [1.54, 1.807) is 0 Å². The van der Waals surface area contributed by atoms with Crippen LogP contribution in [0.3, 0.4) is 0 Å². The summed E-state index contributed by atoms with van der Waals surface area (Å²) < 4.78 is 8.25. The molecule has 0 N–H and O–H groups in total. The van der Waals surface area contributed by atoms with Crippen molar-refractivity contribution in [3.05, 3.63) is 228 Å². The summed E-state index contributed by atoms with van der Waals surface area (Å²) in [5, 5.41) is 9.60. The molecule has 0 saturated carbocycles. The first kappa shape index (κ1) is 37.6. The topological polar surface area (TPSA) is 51.8 Å². The van der Waals surface area contributed by atoms with Crippen molar-refractivity contribution in [3.63, 3.8) is 0 Å². The Labute approximate surface area is 360 Å². The van der Waals surface area contributed by atoms with Gasteiger partial charge in [-0.15, -0.1) is 0 Å². The van der Waals surface area contributed by atoms with Gasteiger partial charge in [-0.2, -0.15) is 0 Å². The summed E-state index contributed by atoms with van der Waals surface area (Å²) in [6.07, 6.45) is 6.92. The lowest BCUT2D eigenvalue weighted by Gasteiger charge is -2.11. The number of aromatic nitrogens is 4. The highest BCUT2D eigenvalue weighted by Gasteiger charge is 2.49. The molecule has 8 aromatic carbocycles. The van der Waals surface area contributed by atoms with Gasteiger partial charge in [-0.25, -0.2) is 18.3 Å². The summed E-state index contributed by atoms with van der Waals surface area (Å²) in [7, 11) is 0. The maximum Gasteiger partial charge on any atom is 0.280 e. The lowest BCUT2D eigenvalue weighted by molar-refractivity contribution is -0.704. The Kier molecular flexibility index (Phi) is 9.61. The van der Waals surface area contributed by atoms with Gasteiger partial charge in [-0.05, 0) is 65.3 Å². The number of imidazole rings is 2. The first-order valence-corrected chi connectivity index (χ1v) is 21.8. The van der Waals surface area contributed by atoms with Crippen molar-refractivity contribution >= 4 is 54.7 Å². The Bertz CT molecular complexity index is 2910. The third-order valence-corrected chi connectivity index (χ3v) is 13.0. The van der Waals surface area contributed by atoms with Crippen LogP contribution in [0.2, 0.25) is 0 Å². The third kappa shape index (κ3) is 6.69. The number of benzene rings is 8. The monoisotopic (exact) mass is 806 g/mol. The summed E-state index contributed by atoms with van der Waals surface area (Å²) in [6.45, 7) is 2.24. The van der Waals surface area contributed by atoms with Crippen LogP contribution in [-0.2, 0) is 51.9 Å². The highest BCUT2D eigenvalue weighted by atomic mass is 16.1. The molecule has 0 spiro atoms. The minimum Gasteiger partial charge on any atom is -0.280 e. The summed E-state index contributed by atoms with van der Waals surface area (Å²) in [6, 6.07) is 59.5. The summed E-state index contributed by atoms with van der Waals surface area (Å²) >= 11 is 0. The predicted molar refractivity (Wildman–Crippen MR) is 247 cm³/mol. The van der Waals surface area contributed by atoms with Gasteiger partial charge < -0.3 is 0 Å². The second-order valence-electron chi connectivity index (χ2n) is 16.6. The number of nitrogens with zero attached hydrogens (tertiary/aromatic N) is 4. The van der Waals surface area contributed by atoms with Crippen LogP contribution in [-0.4, -0.2) is 20.7 Å². The fraction of sp³-hybridized carbons (Fsp3) is 0.143. The van der Waals surface area contributed by atoms with E-state index in [9.17, 15) is 0 Å². The maximum atomic E-state index is 15.4. The molecule has 62 heavy (non-hydrogen) atoms. The molecule has 0 amide bonds. The molecule has 6 nitrogen and oxygen atoms in total. The van der Waals surface area contributed by atoms with Crippen molar-refractivity contribution in [2.24, 2.45) is 0 Å². The molecule has 0 bridgehead atoms. The van der Waals surface area contributed by atoms with Crippen LogP contribution in [0.25, 0.3) is 43.1 Å². The molecule has 300 valence electrons. The molecular formula is C56H46N4O2+2. The van der Waals surface area contributed by atoms with Crippen molar-refractivity contribution in [2.45, 2.75) is 51.9 Å². The van der Waals surface area contributed by atoms with Gasteiger partial charge in [0.1, 0.15) is 0 Å². The van der Waals surface area contributed by atoms with Gasteiger partial charge in [0.05, 0.1) is 26.2 Å². The normalized spacial score (nSPS) is 12.5. The number of rotatable bonds is 12. The van der Waals surface area contributed by atoms with E-state index in [2.05, 4.69) is 188 Å². The van der Waals surface area contributed by atoms with Gasteiger partial charge in [-0.1, -0.05) is 170 Å². The van der Waals surface area contributed by atoms with Gasteiger partial charge >= 0.3 is 0 Å². The first-order chi connectivity index (χ1) is 30.6. The van der Waals surface area contributed by atoms with E-state index in [-0.39, 0.29) is 11.6 Å². The van der Waals surface area contributed by atoms with Crippen LogP contribution in [0.15, 0.2) is 183 Å². The maximum absolute atomic E-state index is 15.4. The number of ketones is 2. The molecule has 0 atom stereocenters. The predicted octanol–water partition coefficient (Wildman–Crippen LogP) is 10.2. The zero-order valence-electron chi connectivity index (χ0n) is 34.6. The molecule has 6 heteroatoms. The highest BCUT2D eigenvalue weighted by molar-refractivity contribution is 6.24. The van der Waals surface area contributed by atoms with Crippen LogP contribution >= 0.6 is 0 Å². The van der Waals surface area contributed by atoms with Crippen LogP contribution in [0.5, 0.6) is 0 Å². The highest BCUT2D eigenvalue weighted by Crippen LogP contribution is 2.29. The number of fused-ring (bicyclic) bond motifs is 6. The minimum atomic E-state index is -0.0988. The zero-order valence-corrected chi connectivity index (χ0v) is 34.6. The largest absolute Gasteiger partial charge is 0.280 e. The van der Waals surface area contributed by atoms with Crippen molar-refractivity contribution in [1.82, 2.24) is 9.13 Å². The summed E-state index contributed by atoms with van der Waals surface area (Å²) in [4.78, 5) is 30.9. The molecule has 0 unspecified atom stereocenters. The third-order valence-electron chi connectivity index (χ3n) is 13.0. The fourth-order valence-electron chi connectivity index (χ4n) is 9.97. The Hall–Kier alpha value is -7.44. The van der Waals surface area contributed by atoms with E-state index in [0.717, 1.165) is 0 Å². The lowest BCUT2D eigenvalue weighted by atomic mass is 9.96. The van der Waals surface area contributed by atoms with Crippen molar-refractivity contribution in [2.75, 3.05) is 0 Å². The summed E-state index contributed by atoms with van der Waals surface area (Å²) in [5.41, 5.74) is 6.77. The quantitative estimate of drug-likeness (QED) is 0.116. The van der Waals surface area contributed by atoms with Crippen molar-refractivity contribution in [3.8, 4) is 0 Å². The smallest absolute Gasteiger partial charge is 0.280 e. The van der Waals surface area contributed by atoms with Gasteiger partial charge in [-0.3, -0.25) is 9.59 Å². The standard InChI is InChI=1S/C56H46N4O2/c61-55-51-52(58(34-30-44-22-10-18-40-14-2-6-26-48(40)44)37-57(51)33-29-43-21-9-17-39-13-1-5-25-47(39)43)56(62)54-53(55)59(35-31-45-23-11-19-41-15-3-7-27-49(41)45)38-60(54)36-32-46-24-12-20-42-16-4-8-28-50(42)46/h1-28,37-38H,29-36H2/q+2.